The Bertz CT molecular complexity index is 1190. The Kier molecular flexibility index (Phi) is 7.34. The first kappa shape index (κ1) is 23.8. The van der Waals surface area contributed by atoms with Gasteiger partial charge in [0, 0.05) is 22.9 Å². The Morgan fingerprint density at radius 3 is 2.58 bits per heavy atom. The Hall–Kier alpha value is -3.86. The van der Waals surface area contributed by atoms with Crippen molar-refractivity contribution in [2.24, 2.45) is 0 Å². The number of carbonyl (C=O) groups excluding carboxylic acids is 1. The van der Waals surface area contributed by atoms with Crippen LogP contribution in [0.4, 0.5) is 13.2 Å². The number of ketones is 1. The van der Waals surface area contributed by atoms with Crippen LogP contribution in [0.25, 0.3) is 28.1 Å². The molecule has 0 fully saturated rings. The molecule has 0 unspecified atom stereocenters. The smallest absolute Gasteiger partial charge is 0.504 e. The first-order valence-electron chi connectivity index (χ1n) is 9.24. The third-order valence-corrected chi connectivity index (χ3v) is 4.94. The number of fused-ring (bicyclic) bond motifs is 1. The summed E-state index contributed by atoms with van der Waals surface area (Å²) in [5.74, 6) is -0.562. The lowest BCUT2D eigenvalue weighted by atomic mass is 10.0. The van der Waals surface area contributed by atoms with Gasteiger partial charge in [-0.05, 0) is 30.3 Å². The third kappa shape index (κ3) is 6.56. The first-order valence-corrected chi connectivity index (χ1v) is 10.1. The van der Waals surface area contributed by atoms with Crippen molar-refractivity contribution in [3.63, 3.8) is 0 Å². The molecule has 172 valence electrons. The number of rotatable bonds is 5. The van der Waals surface area contributed by atoms with Gasteiger partial charge in [-0.15, -0.1) is 24.5 Å². The minimum absolute atomic E-state index is 0.0792. The van der Waals surface area contributed by atoms with Crippen LogP contribution in [0.5, 0.6) is 5.75 Å². The SMILES string of the molecule is CO/C=C/C(=O)O.O=C1CC=Cc2cc(-c3csc(-c4ccc(OC(F)(F)F)cc4)n3)oc21. The number of nitrogens with zero attached hydrogens (tertiary/aromatic N) is 1. The maximum absolute atomic E-state index is 12.2. The van der Waals surface area contributed by atoms with Crippen LogP contribution in [0.2, 0.25) is 0 Å². The zero-order chi connectivity index (χ0) is 24.0. The van der Waals surface area contributed by atoms with Crippen molar-refractivity contribution in [1.82, 2.24) is 4.98 Å². The van der Waals surface area contributed by atoms with E-state index < -0.39 is 12.3 Å². The number of methoxy groups -OCH3 is 1. The number of ether oxygens (including phenoxy) is 2. The van der Waals surface area contributed by atoms with Crippen molar-refractivity contribution in [3.05, 3.63) is 65.4 Å². The highest BCUT2D eigenvalue weighted by Gasteiger charge is 2.31. The van der Waals surface area contributed by atoms with Gasteiger partial charge >= 0.3 is 12.3 Å². The van der Waals surface area contributed by atoms with Gasteiger partial charge in [-0.25, -0.2) is 9.78 Å². The minimum Gasteiger partial charge on any atom is -0.504 e. The fraction of sp³-hybridized carbons (Fsp3) is 0.136. The number of aromatic nitrogens is 1. The molecule has 1 aliphatic carbocycles. The van der Waals surface area contributed by atoms with Gasteiger partial charge in [-0.2, -0.15) is 0 Å². The number of alkyl halides is 3. The van der Waals surface area contributed by atoms with Crippen LogP contribution in [0.3, 0.4) is 0 Å². The number of halogens is 3. The van der Waals surface area contributed by atoms with E-state index in [0.717, 1.165) is 17.9 Å². The Morgan fingerprint density at radius 2 is 2.00 bits per heavy atom. The van der Waals surface area contributed by atoms with E-state index >= 15 is 0 Å². The average Bonchev–Trinajstić information content (AvgIpc) is 3.40. The number of thiazole rings is 1. The lowest BCUT2D eigenvalue weighted by molar-refractivity contribution is -0.274. The number of carboxylic acid groups (broad SMARTS) is 1. The molecule has 11 heteroatoms. The van der Waals surface area contributed by atoms with Crippen molar-refractivity contribution in [1.29, 1.82) is 0 Å². The summed E-state index contributed by atoms with van der Waals surface area (Å²) in [4.78, 5) is 25.9. The van der Waals surface area contributed by atoms with Gasteiger partial charge in [-0.1, -0.05) is 12.2 Å². The van der Waals surface area contributed by atoms with Gasteiger partial charge in [-0.3, -0.25) is 4.79 Å². The highest BCUT2D eigenvalue weighted by atomic mass is 32.1. The second-order valence-corrected chi connectivity index (χ2v) is 7.27. The lowest BCUT2D eigenvalue weighted by Gasteiger charge is -2.08. The maximum atomic E-state index is 12.2. The quantitative estimate of drug-likeness (QED) is 0.365. The molecule has 0 bridgehead atoms. The van der Waals surface area contributed by atoms with E-state index in [4.69, 9.17) is 9.52 Å². The summed E-state index contributed by atoms with van der Waals surface area (Å²) < 4.78 is 50.4. The van der Waals surface area contributed by atoms with Gasteiger partial charge in [0.2, 0.25) is 5.78 Å². The molecular weight excluding hydrogens is 463 g/mol. The van der Waals surface area contributed by atoms with Crippen LogP contribution in [-0.2, 0) is 9.53 Å². The zero-order valence-corrected chi connectivity index (χ0v) is 17.8. The highest BCUT2D eigenvalue weighted by Crippen LogP contribution is 2.34. The number of aliphatic carboxylic acids is 1. The number of benzene rings is 1. The summed E-state index contributed by atoms with van der Waals surface area (Å²) >= 11 is 1.33. The van der Waals surface area contributed by atoms with Gasteiger partial charge in [0.05, 0.1) is 19.4 Å². The summed E-state index contributed by atoms with van der Waals surface area (Å²) in [6.07, 6.45) is 1.22. The second kappa shape index (κ2) is 10.2. The van der Waals surface area contributed by atoms with Crippen LogP contribution in [-0.4, -0.2) is 35.3 Å². The predicted octanol–water partition coefficient (Wildman–Crippen LogP) is 5.80. The molecule has 7 nitrogen and oxygen atoms in total. The van der Waals surface area contributed by atoms with Gasteiger partial charge in [0.25, 0.3) is 0 Å². The third-order valence-electron chi connectivity index (χ3n) is 4.05. The van der Waals surface area contributed by atoms with Crippen LogP contribution in [0.15, 0.2) is 58.5 Å². The number of carboxylic acids is 1. The molecule has 2 aromatic heterocycles. The number of allylic oxidation sites excluding steroid dienone is 1. The van der Waals surface area contributed by atoms with E-state index in [9.17, 15) is 22.8 Å². The molecule has 33 heavy (non-hydrogen) atoms. The molecule has 0 spiro atoms. The second-order valence-electron chi connectivity index (χ2n) is 6.41. The number of carbonyl (C=O) groups is 2. The molecule has 0 saturated heterocycles. The van der Waals surface area contributed by atoms with Crippen LogP contribution in [0, 0.1) is 0 Å². The van der Waals surface area contributed by atoms with Crippen molar-refractivity contribution in [2.75, 3.05) is 7.11 Å². The molecule has 3 aromatic rings. The maximum Gasteiger partial charge on any atom is 0.573 e. The number of hydrogen-bond donors (Lipinski definition) is 1. The molecule has 1 N–H and O–H groups in total. The monoisotopic (exact) mass is 479 g/mol. The summed E-state index contributed by atoms with van der Waals surface area (Å²) in [6.45, 7) is 0. The van der Waals surface area contributed by atoms with E-state index in [1.54, 1.807) is 17.5 Å². The van der Waals surface area contributed by atoms with Crippen LogP contribution in [0.1, 0.15) is 22.5 Å². The largest absolute Gasteiger partial charge is 0.573 e. The molecule has 4 rings (SSSR count). The molecule has 1 aromatic carbocycles. The Balaban J connectivity index is 0.000000383. The molecule has 0 atom stereocenters. The molecular formula is C22H16F3NO6S. The van der Waals surface area contributed by atoms with Crippen molar-refractivity contribution >= 4 is 29.2 Å². The van der Waals surface area contributed by atoms with Crippen molar-refractivity contribution in [2.45, 2.75) is 12.8 Å². The van der Waals surface area contributed by atoms with Gasteiger partial charge < -0.3 is 19.0 Å². The predicted molar refractivity (Wildman–Crippen MR) is 114 cm³/mol. The van der Waals surface area contributed by atoms with Gasteiger partial charge in [0.15, 0.2) is 11.5 Å². The molecule has 0 saturated carbocycles. The number of hydrogen-bond acceptors (Lipinski definition) is 7. The van der Waals surface area contributed by atoms with E-state index in [1.165, 1.54) is 42.7 Å². The number of furan rings is 1. The van der Waals surface area contributed by atoms with Gasteiger partial charge in [0.1, 0.15) is 16.5 Å². The molecule has 2 heterocycles. The van der Waals surface area contributed by atoms with E-state index in [-0.39, 0.29) is 11.5 Å². The lowest BCUT2D eigenvalue weighted by Crippen LogP contribution is -2.16. The Labute approximate surface area is 189 Å². The van der Waals surface area contributed by atoms with E-state index in [0.29, 0.717) is 34.2 Å². The topological polar surface area (TPSA) is 98.9 Å². The van der Waals surface area contributed by atoms with Crippen LogP contribution < -0.4 is 4.74 Å². The standard InChI is InChI=1S/C18H10F3NO3S.C4H6O3/c19-18(20,21)25-12-6-4-10(5-7-12)17-22-13(9-26-17)15-8-11-2-1-3-14(23)16(11)24-15;1-7-3-2-4(5)6/h1-2,4-9H,3H2;2-3H,1H3,(H,5,6)/b;3-2+. The van der Waals surface area contributed by atoms with Crippen molar-refractivity contribution < 1.29 is 41.8 Å². The summed E-state index contributed by atoms with van der Waals surface area (Å²) in [6, 6.07) is 7.23. The Morgan fingerprint density at radius 1 is 1.27 bits per heavy atom. The summed E-state index contributed by atoms with van der Waals surface area (Å²) in [5, 5.41) is 10.3. The fourth-order valence-electron chi connectivity index (χ4n) is 2.70. The minimum atomic E-state index is -4.72. The summed E-state index contributed by atoms with van der Waals surface area (Å²) in [7, 11) is 1.39. The first-order chi connectivity index (χ1) is 15.7. The fourth-order valence-corrected chi connectivity index (χ4v) is 3.52. The van der Waals surface area contributed by atoms with Crippen LogP contribution >= 0.6 is 11.3 Å². The van der Waals surface area contributed by atoms with Crippen molar-refractivity contribution in [3.8, 4) is 27.8 Å². The normalized spacial score (nSPS) is 12.8. The van der Waals surface area contributed by atoms with E-state index in [2.05, 4.69) is 14.5 Å². The molecule has 0 amide bonds. The molecule has 0 radical (unpaired) electrons. The molecule has 0 aliphatic heterocycles. The zero-order valence-electron chi connectivity index (χ0n) is 17.0. The summed E-state index contributed by atoms with van der Waals surface area (Å²) in [5.41, 5.74) is 1.94. The number of Topliss-reactive ketones (excluding diaryl/α,β-unsaturated/α-hetero) is 1. The average molecular weight is 479 g/mol. The highest BCUT2D eigenvalue weighted by molar-refractivity contribution is 7.13. The van der Waals surface area contributed by atoms with E-state index in [1.807, 2.05) is 6.08 Å². The molecule has 1 aliphatic rings.